The van der Waals surface area contributed by atoms with Crippen LogP contribution in [0.4, 0.5) is 18.9 Å². The summed E-state index contributed by atoms with van der Waals surface area (Å²) in [5.41, 5.74) is 1.97. The van der Waals surface area contributed by atoms with E-state index < -0.39 is 16.4 Å². The lowest BCUT2D eigenvalue weighted by atomic mass is 10.0. The van der Waals surface area contributed by atoms with Gasteiger partial charge in [-0.05, 0) is 56.1 Å². The highest BCUT2D eigenvalue weighted by Crippen LogP contribution is 2.36. The SMILES string of the molecule is CS(=O)(=O)Nc1cc(C(=O)CCCCNCCc2ccccc2OC(F)(F)F)cc2c1OCC2.Cl. The summed E-state index contributed by atoms with van der Waals surface area (Å²) >= 11 is 0. The van der Waals surface area contributed by atoms with Crippen molar-refractivity contribution in [3.63, 3.8) is 0 Å². The third-order valence-electron chi connectivity index (χ3n) is 5.18. The van der Waals surface area contributed by atoms with Crippen LogP contribution in [0.2, 0.25) is 0 Å². The van der Waals surface area contributed by atoms with Crippen molar-refractivity contribution in [2.24, 2.45) is 0 Å². The van der Waals surface area contributed by atoms with E-state index in [4.69, 9.17) is 4.74 Å². The van der Waals surface area contributed by atoms with Crippen LogP contribution in [0.5, 0.6) is 11.5 Å². The number of carbonyl (C=O) groups excluding carboxylic acids is 1. The Labute approximate surface area is 208 Å². The smallest absolute Gasteiger partial charge is 0.491 e. The molecule has 2 aromatic rings. The van der Waals surface area contributed by atoms with Crippen molar-refractivity contribution >= 4 is 33.9 Å². The van der Waals surface area contributed by atoms with Gasteiger partial charge in [-0.25, -0.2) is 8.42 Å². The van der Waals surface area contributed by atoms with Crippen LogP contribution in [0.25, 0.3) is 0 Å². The first kappa shape index (κ1) is 28.7. The van der Waals surface area contributed by atoms with Crippen molar-refractivity contribution in [2.75, 3.05) is 30.7 Å². The van der Waals surface area contributed by atoms with Crippen molar-refractivity contribution in [3.05, 3.63) is 53.1 Å². The molecule has 0 saturated carbocycles. The van der Waals surface area contributed by atoms with Crippen LogP contribution in [0.15, 0.2) is 36.4 Å². The summed E-state index contributed by atoms with van der Waals surface area (Å²) in [4.78, 5) is 12.6. The summed E-state index contributed by atoms with van der Waals surface area (Å²) in [5.74, 6) is 0.171. The topological polar surface area (TPSA) is 93.7 Å². The Bertz CT molecular complexity index is 1130. The van der Waals surface area contributed by atoms with E-state index in [-0.39, 0.29) is 29.6 Å². The molecule has 35 heavy (non-hydrogen) atoms. The van der Waals surface area contributed by atoms with E-state index in [0.29, 0.717) is 68.7 Å². The molecule has 3 rings (SSSR count). The number of unbranched alkanes of at least 4 members (excludes halogenated alkanes) is 1. The number of benzene rings is 2. The number of sulfonamides is 1. The number of anilines is 1. The summed E-state index contributed by atoms with van der Waals surface area (Å²) in [6, 6.07) is 9.28. The molecule has 0 bridgehead atoms. The van der Waals surface area contributed by atoms with Crippen LogP contribution < -0.4 is 19.5 Å². The van der Waals surface area contributed by atoms with Crippen molar-refractivity contribution < 1.29 is 35.9 Å². The van der Waals surface area contributed by atoms with Gasteiger partial charge in [-0.1, -0.05) is 18.2 Å². The molecule has 2 N–H and O–H groups in total. The minimum atomic E-state index is -4.73. The first-order valence-corrected chi connectivity index (χ1v) is 12.8. The van der Waals surface area contributed by atoms with Gasteiger partial charge in [0.25, 0.3) is 0 Å². The van der Waals surface area contributed by atoms with Gasteiger partial charge in [0.1, 0.15) is 11.5 Å². The molecule has 2 aromatic carbocycles. The highest BCUT2D eigenvalue weighted by atomic mass is 35.5. The van der Waals surface area contributed by atoms with Gasteiger partial charge in [0.15, 0.2) is 5.78 Å². The molecule has 0 radical (unpaired) electrons. The number of alkyl halides is 3. The number of Topliss-reactive ketones (excluding diaryl/α,β-unsaturated/α-hetero) is 1. The Hall–Kier alpha value is -2.50. The third kappa shape index (κ3) is 9.23. The number of hydrogen-bond donors (Lipinski definition) is 2. The third-order valence-corrected chi connectivity index (χ3v) is 5.77. The number of ether oxygens (including phenoxy) is 2. The van der Waals surface area contributed by atoms with Crippen LogP contribution in [0.3, 0.4) is 0 Å². The summed E-state index contributed by atoms with van der Waals surface area (Å²) in [7, 11) is -3.52. The minimum Gasteiger partial charge on any atom is -0.491 e. The molecule has 0 aliphatic carbocycles. The predicted octanol–water partition coefficient (Wildman–Crippen LogP) is 4.50. The molecule has 1 heterocycles. The van der Waals surface area contributed by atoms with E-state index in [0.717, 1.165) is 11.8 Å². The Morgan fingerprint density at radius 2 is 1.89 bits per heavy atom. The Morgan fingerprint density at radius 1 is 1.14 bits per heavy atom. The lowest BCUT2D eigenvalue weighted by Crippen LogP contribution is -2.21. The van der Waals surface area contributed by atoms with E-state index in [1.54, 1.807) is 18.2 Å². The van der Waals surface area contributed by atoms with Crippen molar-refractivity contribution in [1.29, 1.82) is 0 Å². The normalized spacial score (nSPS) is 12.9. The van der Waals surface area contributed by atoms with Gasteiger partial charge >= 0.3 is 6.36 Å². The molecule has 1 aliphatic rings. The minimum absolute atomic E-state index is 0. The fraction of sp³-hybridized carbons (Fsp3) is 0.435. The molecule has 0 unspecified atom stereocenters. The maximum absolute atomic E-state index is 12.6. The van der Waals surface area contributed by atoms with Crippen LogP contribution >= 0.6 is 12.4 Å². The van der Waals surface area contributed by atoms with Gasteiger partial charge in [-0.3, -0.25) is 9.52 Å². The summed E-state index contributed by atoms with van der Waals surface area (Å²) in [5, 5.41) is 3.16. The van der Waals surface area contributed by atoms with E-state index >= 15 is 0 Å². The van der Waals surface area contributed by atoms with Crippen molar-refractivity contribution in [1.82, 2.24) is 5.32 Å². The quantitative estimate of drug-likeness (QED) is 0.306. The maximum atomic E-state index is 12.6. The second-order valence-corrected chi connectivity index (χ2v) is 9.77. The molecule has 1 aliphatic heterocycles. The molecule has 0 amide bonds. The number of ketones is 1. The molecular weight excluding hydrogens is 509 g/mol. The maximum Gasteiger partial charge on any atom is 0.573 e. The van der Waals surface area contributed by atoms with Crippen LogP contribution in [-0.4, -0.2) is 46.5 Å². The Kier molecular flexibility index (Phi) is 10.2. The van der Waals surface area contributed by atoms with Crippen molar-refractivity contribution in [3.8, 4) is 11.5 Å². The first-order chi connectivity index (χ1) is 16.0. The standard InChI is InChI=1S/C23H27F3N2O5S.ClH/c1-34(30,31)28-19-15-18(14-17-10-13-32-22(17)19)20(29)7-4-5-11-27-12-9-16-6-2-3-8-21(16)33-23(24,25)26;/h2-3,6,8,14-15,27-28H,4-5,7,9-13H2,1H3;1H. The molecular formula is C23H28ClF3N2O5S. The molecule has 0 fully saturated rings. The lowest BCUT2D eigenvalue weighted by molar-refractivity contribution is -0.274. The average molecular weight is 537 g/mol. The van der Waals surface area contributed by atoms with E-state index in [1.165, 1.54) is 18.2 Å². The number of rotatable bonds is 12. The molecule has 0 saturated heterocycles. The zero-order valence-electron chi connectivity index (χ0n) is 19.1. The number of carbonyl (C=O) groups is 1. The van der Waals surface area contributed by atoms with Gasteiger partial charge in [0.2, 0.25) is 10.0 Å². The molecule has 12 heteroatoms. The highest BCUT2D eigenvalue weighted by Gasteiger charge is 2.31. The van der Waals surface area contributed by atoms with E-state index in [1.807, 2.05) is 0 Å². The van der Waals surface area contributed by atoms with E-state index in [9.17, 15) is 26.4 Å². The fourth-order valence-electron chi connectivity index (χ4n) is 3.71. The van der Waals surface area contributed by atoms with Gasteiger partial charge in [0.05, 0.1) is 18.6 Å². The zero-order chi connectivity index (χ0) is 24.8. The van der Waals surface area contributed by atoms with E-state index in [2.05, 4.69) is 14.8 Å². The summed E-state index contributed by atoms with van der Waals surface area (Å²) in [6.45, 7) is 1.51. The molecule has 7 nitrogen and oxygen atoms in total. The van der Waals surface area contributed by atoms with Gasteiger partial charge < -0.3 is 14.8 Å². The van der Waals surface area contributed by atoms with Gasteiger partial charge in [0, 0.05) is 24.0 Å². The molecule has 0 aromatic heterocycles. The number of halogens is 4. The summed E-state index contributed by atoms with van der Waals surface area (Å²) < 4.78 is 72.7. The monoisotopic (exact) mass is 536 g/mol. The second kappa shape index (κ2) is 12.5. The predicted molar refractivity (Wildman–Crippen MR) is 129 cm³/mol. The van der Waals surface area contributed by atoms with Crippen molar-refractivity contribution in [2.45, 2.75) is 38.5 Å². The molecule has 194 valence electrons. The largest absolute Gasteiger partial charge is 0.573 e. The number of fused-ring (bicyclic) bond motifs is 1. The first-order valence-electron chi connectivity index (χ1n) is 10.9. The van der Waals surface area contributed by atoms with Gasteiger partial charge in [-0.15, -0.1) is 25.6 Å². The number of para-hydroxylation sites is 1. The fourth-order valence-corrected chi connectivity index (χ4v) is 4.26. The molecule has 0 atom stereocenters. The number of hydrogen-bond acceptors (Lipinski definition) is 6. The average Bonchev–Trinajstić information content (AvgIpc) is 3.21. The Morgan fingerprint density at radius 3 is 2.60 bits per heavy atom. The highest BCUT2D eigenvalue weighted by molar-refractivity contribution is 7.92. The second-order valence-electron chi connectivity index (χ2n) is 8.02. The number of nitrogens with one attached hydrogen (secondary N) is 2. The van der Waals surface area contributed by atoms with Crippen LogP contribution in [0, 0.1) is 0 Å². The Balaban J connectivity index is 0.00000432. The van der Waals surface area contributed by atoms with Crippen LogP contribution in [-0.2, 0) is 22.9 Å². The zero-order valence-corrected chi connectivity index (χ0v) is 20.7. The van der Waals surface area contributed by atoms with Gasteiger partial charge in [-0.2, -0.15) is 0 Å². The molecule has 0 spiro atoms. The lowest BCUT2D eigenvalue weighted by Gasteiger charge is -2.13. The van der Waals surface area contributed by atoms with Crippen LogP contribution in [0.1, 0.15) is 40.7 Å². The summed E-state index contributed by atoms with van der Waals surface area (Å²) in [6.07, 6.45) is -1.10.